The van der Waals surface area contributed by atoms with E-state index >= 15 is 0 Å². The third kappa shape index (κ3) is 3.91. The molecule has 3 amide bonds. The molecule has 7 atom stereocenters. The average Bonchev–Trinajstić information content (AvgIpc) is 3.73. The highest BCUT2D eigenvalue weighted by Crippen LogP contribution is 2.69. The average molecular weight is 622 g/mol. The molecule has 2 saturated heterocycles. The molecular weight excluding hydrogens is 594 g/mol. The van der Waals surface area contributed by atoms with Crippen LogP contribution in [0.25, 0.3) is 0 Å². The molecule has 4 fully saturated rings. The van der Waals surface area contributed by atoms with Crippen LogP contribution in [0.4, 0.5) is 5.69 Å². The third-order valence-electron chi connectivity index (χ3n) is 9.85. The van der Waals surface area contributed by atoms with Crippen LogP contribution in [0.2, 0.25) is 5.02 Å². The Bertz CT molecular complexity index is 1650. The van der Waals surface area contributed by atoms with Crippen LogP contribution < -0.4 is 9.77 Å². The molecule has 1 aromatic heterocycles. The molecule has 0 N–H and O–H groups in total. The van der Waals surface area contributed by atoms with Gasteiger partial charge in [0.2, 0.25) is 17.7 Å². The third-order valence-corrected chi connectivity index (χ3v) is 12.9. The van der Waals surface area contributed by atoms with Crippen molar-refractivity contribution in [2.75, 3.05) is 31.2 Å². The molecule has 216 valence electrons. The van der Waals surface area contributed by atoms with Crippen LogP contribution in [-0.4, -0.2) is 58.7 Å². The first-order valence-electron chi connectivity index (χ1n) is 14.4. The minimum atomic E-state index is -0.363. The van der Waals surface area contributed by atoms with Gasteiger partial charge >= 0.3 is 4.87 Å². The number of amides is 3. The second kappa shape index (κ2) is 10.1. The van der Waals surface area contributed by atoms with E-state index in [1.807, 2.05) is 54.6 Å². The van der Waals surface area contributed by atoms with Crippen molar-refractivity contribution in [3.05, 3.63) is 79.7 Å². The number of morpholine rings is 1. The largest absolute Gasteiger partial charge is 0.378 e. The van der Waals surface area contributed by atoms with Crippen LogP contribution >= 0.6 is 34.7 Å². The molecular formula is C31H28ClN3O5S2. The summed E-state index contributed by atoms with van der Waals surface area (Å²) < 4.78 is 7.05. The molecule has 8 rings (SSSR count). The summed E-state index contributed by atoms with van der Waals surface area (Å²) in [5, 5.41) is 1.51. The van der Waals surface area contributed by atoms with Crippen LogP contribution in [0.1, 0.15) is 22.8 Å². The Morgan fingerprint density at radius 2 is 1.62 bits per heavy atom. The lowest BCUT2D eigenvalue weighted by atomic mass is 9.68. The SMILES string of the molecule is O=C(Cn1c2c(sc1=O)C(c1ccc(Cl)cc1)C1C3CC(C1S2)C1C(=O)N(c2ccccc2)C(=O)C31)N1CCOCC1. The molecule has 4 heterocycles. The zero-order valence-electron chi connectivity index (χ0n) is 22.6. The molecule has 8 nitrogen and oxygen atoms in total. The number of fused-ring (bicyclic) bond motifs is 9. The fourth-order valence-electron chi connectivity index (χ4n) is 8.18. The van der Waals surface area contributed by atoms with Crippen molar-refractivity contribution < 1.29 is 19.1 Å². The summed E-state index contributed by atoms with van der Waals surface area (Å²) in [6, 6.07) is 17.0. The Morgan fingerprint density at radius 3 is 2.33 bits per heavy atom. The number of rotatable bonds is 4. The Hall–Kier alpha value is -2.92. The van der Waals surface area contributed by atoms with Crippen LogP contribution in [0.3, 0.4) is 0 Å². The van der Waals surface area contributed by atoms with E-state index in [2.05, 4.69) is 0 Å². The van der Waals surface area contributed by atoms with Gasteiger partial charge in [0.05, 0.1) is 35.8 Å². The van der Waals surface area contributed by atoms with Crippen molar-refractivity contribution >= 4 is 58.1 Å². The summed E-state index contributed by atoms with van der Waals surface area (Å²) in [6.45, 7) is 2.02. The Balaban J connectivity index is 1.20. The highest BCUT2D eigenvalue weighted by Gasteiger charge is 2.69. The van der Waals surface area contributed by atoms with Gasteiger partial charge in [0.25, 0.3) is 0 Å². The monoisotopic (exact) mass is 621 g/mol. The normalized spacial score (nSPS) is 31.3. The van der Waals surface area contributed by atoms with Gasteiger partial charge in [-0.15, -0.1) is 11.8 Å². The lowest BCUT2D eigenvalue weighted by molar-refractivity contribution is -0.136. The number of benzene rings is 2. The van der Waals surface area contributed by atoms with E-state index in [0.717, 1.165) is 21.9 Å². The Kier molecular flexibility index (Phi) is 6.40. The van der Waals surface area contributed by atoms with E-state index in [9.17, 15) is 19.2 Å². The fraction of sp³-hybridized carbons (Fsp3) is 0.419. The van der Waals surface area contributed by atoms with Gasteiger partial charge in [-0.05, 0) is 54.0 Å². The summed E-state index contributed by atoms with van der Waals surface area (Å²) >= 11 is 9.13. The van der Waals surface area contributed by atoms with E-state index in [1.165, 1.54) is 16.2 Å². The molecule has 0 spiro atoms. The van der Waals surface area contributed by atoms with Gasteiger partial charge in [-0.1, -0.05) is 53.3 Å². The molecule has 2 aromatic carbocycles. The summed E-state index contributed by atoms with van der Waals surface area (Å²) in [6.07, 6.45) is 0.813. The van der Waals surface area contributed by atoms with Crippen molar-refractivity contribution in [1.82, 2.24) is 9.47 Å². The smallest absolute Gasteiger partial charge is 0.308 e. The second-order valence-electron chi connectivity index (χ2n) is 11.8. The maximum absolute atomic E-state index is 13.9. The van der Waals surface area contributed by atoms with Gasteiger partial charge in [-0.25, -0.2) is 0 Å². The predicted octanol–water partition coefficient (Wildman–Crippen LogP) is 4.10. The number of hydrogen-bond donors (Lipinski definition) is 0. The number of nitrogens with zero attached hydrogens (tertiary/aromatic N) is 3. The molecule has 11 heteroatoms. The van der Waals surface area contributed by atoms with Gasteiger partial charge in [0.1, 0.15) is 6.54 Å². The molecule has 42 heavy (non-hydrogen) atoms. The molecule has 3 aromatic rings. The van der Waals surface area contributed by atoms with Crippen LogP contribution in [0.5, 0.6) is 0 Å². The van der Waals surface area contributed by atoms with E-state index in [1.54, 1.807) is 21.2 Å². The number of halogens is 1. The number of carbonyl (C=O) groups is 3. The molecule has 0 radical (unpaired) electrons. The van der Waals surface area contributed by atoms with Gasteiger partial charge in [-0.3, -0.25) is 28.6 Å². The number of ether oxygens (including phenoxy) is 1. The quantitative estimate of drug-likeness (QED) is 0.408. The number of imide groups is 1. The first-order chi connectivity index (χ1) is 20.4. The lowest BCUT2D eigenvalue weighted by Gasteiger charge is -2.43. The van der Waals surface area contributed by atoms with Crippen molar-refractivity contribution in [2.24, 2.45) is 29.6 Å². The van der Waals surface area contributed by atoms with Crippen molar-refractivity contribution in [3.63, 3.8) is 0 Å². The van der Waals surface area contributed by atoms with Gasteiger partial charge in [0, 0.05) is 34.2 Å². The number of thiazole rings is 1. The summed E-state index contributed by atoms with van der Waals surface area (Å²) in [4.78, 5) is 58.5. The first-order valence-corrected chi connectivity index (χ1v) is 16.4. The van der Waals surface area contributed by atoms with Crippen molar-refractivity contribution in [2.45, 2.75) is 29.2 Å². The highest BCUT2D eigenvalue weighted by atomic mass is 35.5. The predicted molar refractivity (Wildman–Crippen MR) is 160 cm³/mol. The van der Waals surface area contributed by atoms with Gasteiger partial charge in [-0.2, -0.15) is 0 Å². The van der Waals surface area contributed by atoms with Gasteiger partial charge < -0.3 is 9.64 Å². The zero-order chi connectivity index (χ0) is 28.7. The summed E-state index contributed by atoms with van der Waals surface area (Å²) in [7, 11) is 0. The molecule has 7 unspecified atom stereocenters. The molecule has 2 saturated carbocycles. The fourth-order valence-corrected chi connectivity index (χ4v) is 11.4. The number of para-hydroxylation sites is 1. The van der Waals surface area contributed by atoms with Crippen molar-refractivity contribution in [3.8, 4) is 0 Å². The lowest BCUT2D eigenvalue weighted by Crippen LogP contribution is -2.44. The maximum Gasteiger partial charge on any atom is 0.308 e. The maximum atomic E-state index is 13.9. The van der Waals surface area contributed by atoms with E-state index in [-0.39, 0.29) is 69.9 Å². The molecule has 2 bridgehead atoms. The molecule has 5 aliphatic rings. The number of carbonyl (C=O) groups excluding carboxylic acids is 3. The zero-order valence-corrected chi connectivity index (χ0v) is 24.9. The number of aromatic nitrogens is 1. The van der Waals surface area contributed by atoms with E-state index < -0.39 is 0 Å². The molecule has 2 aliphatic carbocycles. The highest BCUT2D eigenvalue weighted by molar-refractivity contribution is 8.00. The number of thioether (sulfide) groups is 1. The number of anilines is 1. The summed E-state index contributed by atoms with van der Waals surface area (Å²) in [5.41, 5.74) is 1.67. The topological polar surface area (TPSA) is 88.9 Å². The van der Waals surface area contributed by atoms with Crippen LogP contribution in [-0.2, 0) is 25.7 Å². The molecule has 3 aliphatic heterocycles. The first kappa shape index (κ1) is 26.7. The number of hydrogen-bond acceptors (Lipinski definition) is 7. The standard InChI is InChI=1S/C31H28ClN3O5S2/c32-17-8-6-16(7-9-17)22-23-19-14-20(25-24(19)28(37)35(29(25)38)18-4-2-1-3-5-18)26(23)41-30-27(22)42-31(39)34(30)15-21(36)33-10-12-40-13-11-33/h1-9,19-20,22-26H,10-15H2. The van der Waals surface area contributed by atoms with E-state index in [4.69, 9.17) is 16.3 Å². The Morgan fingerprint density at radius 1 is 0.929 bits per heavy atom. The minimum absolute atomic E-state index is 0.0122. The van der Waals surface area contributed by atoms with Crippen molar-refractivity contribution in [1.29, 1.82) is 0 Å². The summed E-state index contributed by atoms with van der Waals surface area (Å²) in [5.74, 6) is -1.01. The minimum Gasteiger partial charge on any atom is -0.378 e. The van der Waals surface area contributed by atoms with Crippen LogP contribution in [0, 0.1) is 29.6 Å². The van der Waals surface area contributed by atoms with E-state index in [0.29, 0.717) is 37.0 Å². The van der Waals surface area contributed by atoms with Crippen LogP contribution in [0.15, 0.2) is 64.4 Å². The van der Waals surface area contributed by atoms with Gasteiger partial charge in [0.15, 0.2) is 0 Å². The Labute approximate surface area is 255 Å². The second-order valence-corrected chi connectivity index (χ2v) is 14.4.